The van der Waals surface area contributed by atoms with Crippen LogP contribution in [0, 0.1) is 0 Å². The van der Waals surface area contributed by atoms with Gasteiger partial charge in [0.05, 0.1) is 4.90 Å². The van der Waals surface area contributed by atoms with Gasteiger partial charge in [-0.25, -0.2) is 8.42 Å². The molecule has 1 amide bonds. The molecule has 0 heterocycles. The van der Waals surface area contributed by atoms with Crippen LogP contribution in [0.25, 0.3) is 0 Å². The summed E-state index contributed by atoms with van der Waals surface area (Å²) in [6, 6.07) is 14.4. The number of hydrogen-bond acceptors (Lipinski definition) is 4. The minimum absolute atomic E-state index is 0.134. The van der Waals surface area contributed by atoms with E-state index in [0.29, 0.717) is 17.3 Å². The predicted octanol–water partition coefficient (Wildman–Crippen LogP) is 3.60. The van der Waals surface area contributed by atoms with Crippen molar-refractivity contribution < 1.29 is 13.2 Å². The summed E-state index contributed by atoms with van der Waals surface area (Å²) >= 11 is 0. The molecule has 2 aromatic rings. The molecule has 0 spiro atoms. The molecule has 0 bridgehead atoms. The van der Waals surface area contributed by atoms with Gasteiger partial charge in [0.2, 0.25) is 0 Å². The molecule has 0 aromatic heterocycles. The number of rotatable bonds is 7. The van der Waals surface area contributed by atoms with Crippen molar-refractivity contribution in [2.24, 2.45) is 0 Å². The van der Waals surface area contributed by atoms with Gasteiger partial charge in [-0.1, -0.05) is 19.1 Å². The van der Waals surface area contributed by atoms with Crippen molar-refractivity contribution in [3.05, 3.63) is 59.7 Å². The van der Waals surface area contributed by atoms with E-state index in [9.17, 15) is 13.2 Å². The molecule has 5 nitrogen and oxygen atoms in total. The second-order valence-electron chi connectivity index (χ2n) is 6.98. The van der Waals surface area contributed by atoms with Crippen molar-refractivity contribution in [1.29, 1.82) is 0 Å². The monoisotopic (exact) mass is 388 g/mol. The maximum absolute atomic E-state index is 12.7. The minimum Gasteiger partial charge on any atom is -0.311 e. The van der Waals surface area contributed by atoms with E-state index in [-0.39, 0.29) is 10.8 Å². The van der Waals surface area contributed by atoms with Crippen molar-refractivity contribution in [3.63, 3.8) is 0 Å². The minimum atomic E-state index is -3.25. The Labute approximate surface area is 162 Å². The number of benzene rings is 2. The maximum atomic E-state index is 12.7. The van der Waals surface area contributed by atoms with E-state index in [1.165, 1.54) is 22.6 Å². The fraction of sp³-hybridized carbons (Fsp3) is 0.381. The van der Waals surface area contributed by atoms with Gasteiger partial charge in [-0.3, -0.25) is 9.69 Å². The molecule has 0 aliphatic rings. The summed E-state index contributed by atoms with van der Waals surface area (Å²) in [5.74, 6) is -0.134. The number of nitrogens with zero attached hydrogens (tertiary/aromatic N) is 2. The molecular formula is C21H28N2O3S. The Balaban J connectivity index is 2.12. The van der Waals surface area contributed by atoms with E-state index in [0.717, 1.165) is 19.3 Å². The molecule has 6 heteroatoms. The zero-order chi connectivity index (χ0) is 20.2. The topological polar surface area (TPSA) is 57.7 Å². The second-order valence-corrected chi connectivity index (χ2v) is 9.00. The lowest BCUT2D eigenvalue weighted by Crippen LogP contribution is -2.30. The zero-order valence-electron chi connectivity index (χ0n) is 16.6. The van der Waals surface area contributed by atoms with Crippen LogP contribution >= 0.6 is 0 Å². The molecule has 2 rings (SSSR count). The van der Waals surface area contributed by atoms with E-state index in [1.807, 2.05) is 24.3 Å². The molecule has 0 radical (unpaired) electrons. The predicted molar refractivity (Wildman–Crippen MR) is 110 cm³/mol. The fourth-order valence-electron chi connectivity index (χ4n) is 2.87. The first kappa shape index (κ1) is 21.1. The standard InChI is InChI=1S/C21H28N2O3S/c1-6-23(16(2)3)15-17-7-9-18(10-8-17)21(24)22(4)19-11-13-20(14-12-19)27(5,25)26/h7-14,16H,6,15H2,1-5H3. The number of carbonyl (C=O) groups excluding carboxylic acids is 1. The molecule has 0 aliphatic carbocycles. The van der Waals surface area contributed by atoms with Crippen LogP contribution in [0.2, 0.25) is 0 Å². The number of sulfone groups is 1. The van der Waals surface area contributed by atoms with Crippen LogP contribution < -0.4 is 4.90 Å². The summed E-state index contributed by atoms with van der Waals surface area (Å²) in [5, 5.41) is 0. The average molecular weight is 389 g/mol. The van der Waals surface area contributed by atoms with E-state index in [1.54, 1.807) is 19.2 Å². The third-order valence-electron chi connectivity index (χ3n) is 4.68. The molecule has 0 saturated carbocycles. The summed E-state index contributed by atoms with van der Waals surface area (Å²) in [6.07, 6.45) is 1.16. The Kier molecular flexibility index (Phi) is 6.78. The smallest absolute Gasteiger partial charge is 0.258 e. The van der Waals surface area contributed by atoms with Crippen LogP contribution in [-0.2, 0) is 16.4 Å². The summed E-state index contributed by atoms with van der Waals surface area (Å²) < 4.78 is 23.1. The van der Waals surface area contributed by atoms with Gasteiger partial charge in [-0.05, 0) is 62.4 Å². The fourth-order valence-corrected chi connectivity index (χ4v) is 3.51. The summed E-state index contributed by atoms with van der Waals surface area (Å²) in [5.41, 5.74) is 2.41. The summed E-state index contributed by atoms with van der Waals surface area (Å²) in [7, 11) is -1.56. The van der Waals surface area contributed by atoms with E-state index in [4.69, 9.17) is 0 Å². The van der Waals surface area contributed by atoms with Crippen molar-refractivity contribution in [3.8, 4) is 0 Å². The van der Waals surface area contributed by atoms with Gasteiger partial charge >= 0.3 is 0 Å². The highest BCUT2D eigenvalue weighted by molar-refractivity contribution is 7.90. The highest BCUT2D eigenvalue weighted by atomic mass is 32.2. The van der Waals surface area contributed by atoms with E-state index in [2.05, 4.69) is 25.7 Å². The summed E-state index contributed by atoms with van der Waals surface area (Å²) in [4.78, 5) is 16.8. The largest absolute Gasteiger partial charge is 0.311 e. The Morgan fingerprint density at radius 3 is 2.00 bits per heavy atom. The lowest BCUT2D eigenvalue weighted by molar-refractivity contribution is 0.0993. The number of anilines is 1. The maximum Gasteiger partial charge on any atom is 0.258 e. The van der Waals surface area contributed by atoms with Gasteiger partial charge in [-0.15, -0.1) is 0 Å². The van der Waals surface area contributed by atoms with E-state index >= 15 is 0 Å². The molecule has 0 saturated heterocycles. The molecule has 0 atom stereocenters. The first-order valence-electron chi connectivity index (χ1n) is 9.04. The lowest BCUT2D eigenvalue weighted by atomic mass is 10.1. The van der Waals surface area contributed by atoms with E-state index < -0.39 is 9.84 Å². The molecular weight excluding hydrogens is 360 g/mol. The Morgan fingerprint density at radius 2 is 1.56 bits per heavy atom. The zero-order valence-corrected chi connectivity index (χ0v) is 17.5. The second kappa shape index (κ2) is 8.67. The van der Waals surface area contributed by atoms with Crippen LogP contribution in [0.5, 0.6) is 0 Å². The van der Waals surface area contributed by atoms with Gasteiger partial charge < -0.3 is 4.90 Å². The Bertz CT molecular complexity index is 873. The van der Waals surface area contributed by atoms with Crippen LogP contribution in [0.4, 0.5) is 5.69 Å². The Hall–Kier alpha value is -2.18. The highest BCUT2D eigenvalue weighted by Crippen LogP contribution is 2.19. The van der Waals surface area contributed by atoms with Gasteiger partial charge in [0.15, 0.2) is 9.84 Å². The molecule has 2 aromatic carbocycles. The van der Waals surface area contributed by atoms with Crippen LogP contribution in [0.15, 0.2) is 53.4 Å². The van der Waals surface area contributed by atoms with Crippen LogP contribution in [0.3, 0.4) is 0 Å². The Morgan fingerprint density at radius 1 is 1.00 bits per heavy atom. The van der Waals surface area contributed by atoms with Crippen molar-refractivity contribution >= 4 is 21.4 Å². The SMILES string of the molecule is CCN(Cc1ccc(C(=O)N(C)c2ccc(S(C)(=O)=O)cc2)cc1)C(C)C. The average Bonchev–Trinajstić information content (AvgIpc) is 2.64. The third kappa shape index (κ3) is 5.40. The molecule has 0 aliphatic heterocycles. The van der Waals surface area contributed by atoms with Gasteiger partial charge in [-0.2, -0.15) is 0 Å². The number of carbonyl (C=O) groups is 1. The van der Waals surface area contributed by atoms with Crippen molar-refractivity contribution in [2.75, 3.05) is 24.7 Å². The molecule has 0 unspecified atom stereocenters. The molecule has 0 fully saturated rings. The first-order valence-corrected chi connectivity index (χ1v) is 10.9. The van der Waals surface area contributed by atoms with Crippen LogP contribution in [-0.4, -0.2) is 45.1 Å². The number of amides is 1. The third-order valence-corrected chi connectivity index (χ3v) is 5.81. The van der Waals surface area contributed by atoms with Gasteiger partial charge in [0.1, 0.15) is 0 Å². The normalized spacial score (nSPS) is 11.8. The molecule has 0 N–H and O–H groups in total. The number of hydrogen-bond donors (Lipinski definition) is 0. The first-order chi connectivity index (χ1) is 12.6. The molecule has 146 valence electrons. The summed E-state index contributed by atoms with van der Waals surface area (Å²) in [6.45, 7) is 8.31. The highest BCUT2D eigenvalue weighted by Gasteiger charge is 2.15. The quantitative estimate of drug-likeness (QED) is 0.727. The molecule has 27 heavy (non-hydrogen) atoms. The lowest BCUT2D eigenvalue weighted by Gasteiger charge is -2.25. The van der Waals surface area contributed by atoms with Gasteiger partial charge in [0.25, 0.3) is 5.91 Å². The van der Waals surface area contributed by atoms with Crippen molar-refractivity contribution in [2.45, 2.75) is 38.3 Å². The van der Waals surface area contributed by atoms with Gasteiger partial charge in [0, 0.05) is 37.1 Å². The van der Waals surface area contributed by atoms with Crippen LogP contribution in [0.1, 0.15) is 36.7 Å². The van der Waals surface area contributed by atoms with Crippen molar-refractivity contribution in [1.82, 2.24) is 4.90 Å².